The van der Waals surface area contributed by atoms with Gasteiger partial charge in [-0.3, -0.25) is 9.52 Å². The molecular formula is C18H22N2O4S. The number of hydrogen-bond donors (Lipinski definition) is 1. The van der Waals surface area contributed by atoms with Gasteiger partial charge in [0.25, 0.3) is 10.0 Å². The van der Waals surface area contributed by atoms with E-state index >= 15 is 0 Å². The zero-order valence-electron chi connectivity index (χ0n) is 15.0. The van der Waals surface area contributed by atoms with E-state index in [1.807, 2.05) is 0 Å². The lowest BCUT2D eigenvalue weighted by Gasteiger charge is -2.16. The minimum atomic E-state index is -3.73. The molecule has 1 N–H and O–H groups in total. The zero-order chi connectivity index (χ0) is 18.8. The summed E-state index contributed by atoms with van der Waals surface area (Å²) in [4.78, 5) is 13.1. The van der Waals surface area contributed by atoms with Crippen LogP contribution >= 0.6 is 0 Å². The Labute approximate surface area is 148 Å². The smallest absolute Gasteiger partial charge is 0.262 e. The van der Waals surface area contributed by atoms with E-state index in [0.717, 1.165) is 5.56 Å². The molecule has 6 nitrogen and oxygen atoms in total. The quantitative estimate of drug-likeness (QED) is 0.887. The minimum Gasteiger partial charge on any atom is -0.496 e. The second-order valence-electron chi connectivity index (χ2n) is 5.82. The fourth-order valence-corrected chi connectivity index (χ4v) is 3.79. The summed E-state index contributed by atoms with van der Waals surface area (Å²) in [5.41, 5.74) is 2.45. The van der Waals surface area contributed by atoms with Crippen LogP contribution in [0.3, 0.4) is 0 Å². The Kier molecular flexibility index (Phi) is 5.37. The van der Waals surface area contributed by atoms with E-state index in [4.69, 9.17) is 4.74 Å². The van der Waals surface area contributed by atoms with Crippen molar-refractivity contribution in [2.75, 3.05) is 23.8 Å². The molecule has 134 valence electrons. The Morgan fingerprint density at radius 3 is 2.20 bits per heavy atom. The van der Waals surface area contributed by atoms with E-state index < -0.39 is 10.0 Å². The summed E-state index contributed by atoms with van der Waals surface area (Å²) < 4.78 is 33.2. The molecule has 0 fully saturated rings. The summed E-state index contributed by atoms with van der Waals surface area (Å²) in [6, 6.07) is 9.91. The molecule has 0 saturated heterocycles. The summed E-state index contributed by atoms with van der Waals surface area (Å²) in [5, 5.41) is 0. The summed E-state index contributed by atoms with van der Waals surface area (Å²) in [6.07, 6.45) is 0. The van der Waals surface area contributed by atoms with Crippen LogP contribution in [0, 0.1) is 13.8 Å². The summed E-state index contributed by atoms with van der Waals surface area (Å²) in [7, 11) is -0.520. The third-order valence-electron chi connectivity index (χ3n) is 3.96. The first-order chi connectivity index (χ1) is 11.7. The van der Waals surface area contributed by atoms with Gasteiger partial charge < -0.3 is 9.64 Å². The zero-order valence-corrected chi connectivity index (χ0v) is 15.8. The van der Waals surface area contributed by atoms with Gasteiger partial charge in [-0.25, -0.2) is 8.42 Å². The van der Waals surface area contributed by atoms with Gasteiger partial charge in [-0.15, -0.1) is 0 Å². The van der Waals surface area contributed by atoms with Gasteiger partial charge in [-0.2, -0.15) is 0 Å². The molecule has 7 heteroatoms. The highest BCUT2D eigenvalue weighted by molar-refractivity contribution is 7.92. The topological polar surface area (TPSA) is 75.7 Å². The van der Waals surface area contributed by atoms with Gasteiger partial charge in [0.05, 0.1) is 12.0 Å². The molecule has 0 aliphatic carbocycles. The van der Waals surface area contributed by atoms with Crippen LogP contribution in [-0.2, 0) is 14.8 Å². The number of nitrogens with one attached hydrogen (secondary N) is 1. The third-order valence-corrected chi connectivity index (χ3v) is 5.48. The van der Waals surface area contributed by atoms with Crippen molar-refractivity contribution in [3.8, 4) is 5.75 Å². The number of aryl methyl sites for hydroxylation is 2. The number of anilines is 2. The molecule has 2 aromatic carbocycles. The predicted octanol–water partition coefficient (Wildman–Crippen LogP) is 3.10. The SMILES string of the molecule is COc1cc(C)c(S(=O)(=O)Nc2ccc(N(C)C(C)=O)cc2)cc1C. The maximum absolute atomic E-state index is 12.7. The first-order valence-electron chi connectivity index (χ1n) is 7.68. The van der Waals surface area contributed by atoms with Crippen LogP contribution < -0.4 is 14.4 Å². The molecule has 0 radical (unpaired) electrons. The molecule has 0 unspecified atom stereocenters. The fraction of sp³-hybridized carbons (Fsp3) is 0.278. The van der Waals surface area contributed by atoms with Crippen molar-refractivity contribution in [2.45, 2.75) is 25.7 Å². The molecule has 1 amide bonds. The van der Waals surface area contributed by atoms with Crippen molar-refractivity contribution >= 4 is 27.3 Å². The predicted molar refractivity (Wildman–Crippen MR) is 98.8 cm³/mol. The highest BCUT2D eigenvalue weighted by atomic mass is 32.2. The third kappa shape index (κ3) is 4.11. The Hall–Kier alpha value is -2.54. The molecule has 0 saturated carbocycles. The second kappa shape index (κ2) is 7.14. The second-order valence-corrected chi connectivity index (χ2v) is 7.47. The molecule has 25 heavy (non-hydrogen) atoms. The minimum absolute atomic E-state index is 0.0994. The van der Waals surface area contributed by atoms with Crippen LogP contribution in [0.4, 0.5) is 11.4 Å². The molecule has 0 atom stereocenters. The molecular weight excluding hydrogens is 340 g/mol. The van der Waals surface area contributed by atoms with E-state index in [9.17, 15) is 13.2 Å². The maximum atomic E-state index is 12.7. The summed E-state index contributed by atoms with van der Waals surface area (Å²) in [6.45, 7) is 4.98. The molecule has 0 aliphatic rings. The molecule has 0 spiro atoms. The Morgan fingerprint density at radius 1 is 1.08 bits per heavy atom. The van der Waals surface area contributed by atoms with Gasteiger partial charge in [-0.1, -0.05) is 0 Å². The van der Waals surface area contributed by atoms with Crippen molar-refractivity contribution in [3.63, 3.8) is 0 Å². The fourth-order valence-electron chi connectivity index (χ4n) is 2.42. The van der Waals surface area contributed by atoms with E-state index in [1.54, 1.807) is 64.4 Å². The lowest BCUT2D eigenvalue weighted by Crippen LogP contribution is -2.22. The Morgan fingerprint density at radius 2 is 1.68 bits per heavy atom. The number of sulfonamides is 1. The normalized spacial score (nSPS) is 11.1. The number of ether oxygens (including phenoxy) is 1. The van der Waals surface area contributed by atoms with Gasteiger partial charge >= 0.3 is 0 Å². The van der Waals surface area contributed by atoms with Gasteiger partial charge in [-0.05, 0) is 61.4 Å². The van der Waals surface area contributed by atoms with E-state index in [0.29, 0.717) is 22.7 Å². The van der Waals surface area contributed by atoms with Gasteiger partial charge in [0.15, 0.2) is 0 Å². The number of carbonyl (C=O) groups excluding carboxylic acids is 1. The van der Waals surface area contributed by atoms with Crippen LogP contribution in [0.5, 0.6) is 5.75 Å². The van der Waals surface area contributed by atoms with Crippen LogP contribution in [0.2, 0.25) is 0 Å². The monoisotopic (exact) mass is 362 g/mol. The number of amides is 1. The molecule has 2 aromatic rings. The molecule has 0 heterocycles. The number of rotatable bonds is 5. The number of benzene rings is 2. The van der Waals surface area contributed by atoms with Crippen molar-refractivity contribution in [1.82, 2.24) is 0 Å². The highest BCUT2D eigenvalue weighted by Crippen LogP contribution is 2.27. The van der Waals surface area contributed by atoms with Crippen LogP contribution in [-0.4, -0.2) is 28.5 Å². The molecule has 0 aromatic heterocycles. The van der Waals surface area contributed by atoms with E-state index in [1.165, 1.54) is 11.8 Å². The first-order valence-corrected chi connectivity index (χ1v) is 9.16. The van der Waals surface area contributed by atoms with Crippen molar-refractivity contribution in [1.29, 1.82) is 0 Å². The maximum Gasteiger partial charge on any atom is 0.262 e. The van der Waals surface area contributed by atoms with Gasteiger partial charge in [0, 0.05) is 25.3 Å². The Bertz CT molecular complexity index is 890. The largest absolute Gasteiger partial charge is 0.496 e. The Balaban J connectivity index is 2.30. The van der Waals surface area contributed by atoms with Crippen molar-refractivity contribution in [2.24, 2.45) is 0 Å². The lowest BCUT2D eigenvalue weighted by atomic mass is 10.1. The molecule has 0 aliphatic heterocycles. The number of hydrogen-bond acceptors (Lipinski definition) is 4. The average molecular weight is 362 g/mol. The first kappa shape index (κ1) is 18.8. The number of carbonyl (C=O) groups is 1. The molecule has 2 rings (SSSR count). The van der Waals surface area contributed by atoms with Crippen LogP contribution in [0.1, 0.15) is 18.1 Å². The molecule has 0 bridgehead atoms. The lowest BCUT2D eigenvalue weighted by molar-refractivity contribution is -0.116. The summed E-state index contributed by atoms with van der Waals surface area (Å²) >= 11 is 0. The van der Waals surface area contributed by atoms with Gasteiger partial charge in [0.2, 0.25) is 5.91 Å². The van der Waals surface area contributed by atoms with Crippen molar-refractivity contribution < 1.29 is 17.9 Å². The number of nitrogens with zero attached hydrogens (tertiary/aromatic N) is 1. The van der Waals surface area contributed by atoms with Crippen LogP contribution in [0.15, 0.2) is 41.3 Å². The number of methoxy groups -OCH3 is 1. The van der Waals surface area contributed by atoms with E-state index in [2.05, 4.69) is 4.72 Å². The summed E-state index contributed by atoms with van der Waals surface area (Å²) in [5.74, 6) is 0.547. The average Bonchev–Trinajstić information content (AvgIpc) is 2.56. The standard InChI is InChI=1S/C18H22N2O4S/c1-12-11-18(13(2)10-17(12)24-5)25(22,23)19-15-6-8-16(9-7-15)20(4)14(3)21/h6-11,19H,1-5H3. The van der Waals surface area contributed by atoms with E-state index in [-0.39, 0.29) is 10.8 Å². The van der Waals surface area contributed by atoms with Crippen molar-refractivity contribution in [3.05, 3.63) is 47.5 Å². The van der Waals surface area contributed by atoms with Gasteiger partial charge in [0.1, 0.15) is 5.75 Å². The highest BCUT2D eigenvalue weighted by Gasteiger charge is 2.19. The van der Waals surface area contributed by atoms with Crippen LogP contribution in [0.25, 0.3) is 0 Å².